The molecule has 14 heteroatoms. The van der Waals surface area contributed by atoms with E-state index in [1.165, 1.54) is 117 Å². The summed E-state index contributed by atoms with van der Waals surface area (Å²) in [6, 6.07) is 0. The molecule has 0 fully saturated rings. The molecular formula is C52H104NO12P. The second-order valence-electron chi connectivity index (χ2n) is 18.1. The average Bonchev–Trinajstić information content (AvgIpc) is 3.31. The number of rotatable bonds is 54. The van der Waals surface area contributed by atoms with E-state index in [-0.39, 0.29) is 43.6 Å². The van der Waals surface area contributed by atoms with Crippen molar-refractivity contribution in [3.63, 3.8) is 0 Å². The number of phosphoric acid groups is 1. The van der Waals surface area contributed by atoms with Gasteiger partial charge in [0.2, 0.25) is 0 Å². The van der Waals surface area contributed by atoms with E-state index in [2.05, 4.69) is 27.7 Å². The summed E-state index contributed by atoms with van der Waals surface area (Å²) in [5.74, 6) is -0.0542. The molecule has 0 radical (unpaired) electrons. The predicted molar refractivity (Wildman–Crippen MR) is 267 cm³/mol. The van der Waals surface area contributed by atoms with Crippen LogP contribution in [-0.4, -0.2) is 96.9 Å². The Morgan fingerprint density at radius 2 is 0.667 bits per heavy atom. The smallest absolute Gasteiger partial charge is 0.465 e. The maximum Gasteiger partial charge on any atom is 0.474 e. The minimum absolute atomic E-state index is 0.00642. The lowest BCUT2D eigenvalue weighted by atomic mass is 9.94. The number of unbranched alkanes of at least 4 members (excludes halogenated alkanes) is 22. The highest BCUT2D eigenvalue weighted by Gasteiger charge is 2.27. The molecule has 0 bridgehead atoms. The third kappa shape index (κ3) is 41.8. The summed E-state index contributed by atoms with van der Waals surface area (Å²) in [4.78, 5) is 47.7. The van der Waals surface area contributed by atoms with Crippen LogP contribution in [0.3, 0.4) is 0 Å². The number of esters is 2. The van der Waals surface area contributed by atoms with Crippen LogP contribution >= 0.6 is 7.82 Å². The van der Waals surface area contributed by atoms with Crippen LogP contribution in [0.5, 0.6) is 0 Å². The Morgan fingerprint density at radius 3 is 1.03 bits per heavy atom. The topological polar surface area (TPSA) is 138 Å². The van der Waals surface area contributed by atoms with Crippen LogP contribution in [0.25, 0.3) is 0 Å². The van der Waals surface area contributed by atoms with E-state index < -0.39 is 7.82 Å². The molecule has 0 saturated carbocycles. The van der Waals surface area contributed by atoms with Gasteiger partial charge in [-0.25, -0.2) is 24.1 Å². The fourth-order valence-electron chi connectivity index (χ4n) is 8.01. The van der Waals surface area contributed by atoms with Crippen LogP contribution in [0.1, 0.15) is 233 Å². The zero-order valence-corrected chi connectivity index (χ0v) is 44.5. The molecule has 2 unspecified atom stereocenters. The lowest BCUT2D eigenvalue weighted by molar-refractivity contribution is -0.280. The van der Waals surface area contributed by atoms with E-state index in [4.69, 9.17) is 42.6 Å². The van der Waals surface area contributed by atoms with Crippen molar-refractivity contribution in [2.45, 2.75) is 233 Å². The Kier molecular flexibility index (Phi) is 49.4. The van der Waals surface area contributed by atoms with Gasteiger partial charge in [-0.2, -0.15) is 0 Å². The van der Waals surface area contributed by atoms with E-state index in [1.54, 1.807) is 0 Å². The van der Waals surface area contributed by atoms with Crippen molar-refractivity contribution in [2.24, 2.45) is 11.8 Å². The highest BCUT2D eigenvalue weighted by Crippen LogP contribution is 2.49. The number of carbonyl (C=O) groups is 2. The normalized spacial score (nSPS) is 13.6. The molecule has 0 aliphatic rings. The molecule has 0 aliphatic carbocycles. The zero-order valence-electron chi connectivity index (χ0n) is 43.6. The predicted octanol–water partition coefficient (Wildman–Crippen LogP) is 14.5. The fraction of sp³-hybridized carbons (Fsp3) is 0.962. The van der Waals surface area contributed by atoms with Gasteiger partial charge >= 0.3 is 19.8 Å². The standard InChI is InChI=1S/C52H104NO12P/c1-7-11-15-19-21-29-37-49(35-27-17-13-9-3)51(54)59-42-31-23-25-33-44-63-66(56,65-48-41-53(39-46-61-57-5)40-47-62-58-6)64-45-34-26-24-32-43-60-52(55)50(36-28-18-14-10-4)38-30-22-20-16-12-8-2/h49-50H,7-48H2,1-6H3. The minimum Gasteiger partial charge on any atom is -0.465 e. The number of hydrogen-bond donors (Lipinski definition) is 0. The van der Waals surface area contributed by atoms with Gasteiger partial charge in [0.15, 0.2) is 0 Å². The number of phosphoric ester groups is 1. The lowest BCUT2D eigenvalue weighted by Gasteiger charge is -2.23. The maximum absolute atomic E-state index is 13.9. The van der Waals surface area contributed by atoms with Crippen LogP contribution in [0.2, 0.25) is 0 Å². The molecule has 0 spiro atoms. The van der Waals surface area contributed by atoms with E-state index in [0.717, 1.165) is 89.9 Å². The summed E-state index contributed by atoms with van der Waals surface area (Å²) in [7, 11) is -0.927. The Balaban J connectivity index is 4.96. The summed E-state index contributed by atoms with van der Waals surface area (Å²) in [5.41, 5.74) is 0. The second-order valence-corrected chi connectivity index (χ2v) is 19.8. The molecule has 2 atom stereocenters. The van der Waals surface area contributed by atoms with Gasteiger partial charge in [-0.1, -0.05) is 169 Å². The molecule has 0 rings (SSSR count). The quantitative estimate of drug-likeness (QED) is 0.0188. The molecule has 0 saturated heterocycles. The van der Waals surface area contributed by atoms with Crippen LogP contribution in [-0.2, 0) is 56.7 Å². The molecule has 394 valence electrons. The molecule has 66 heavy (non-hydrogen) atoms. The van der Waals surface area contributed by atoms with Crippen molar-refractivity contribution < 1.29 is 56.7 Å². The van der Waals surface area contributed by atoms with Crippen LogP contribution in [0.15, 0.2) is 0 Å². The number of ether oxygens (including phenoxy) is 2. The van der Waals surface area contributed by atoms with E-state index in [0.29, 0.717) is 58.9 Å². The zero-order chi connectivity index (χ0) is 48.4. The van der Waals surface area contributed by atoms with E-state index >= 15 is 0 Å². The van der Waals surface area contributed by atoms with E-state index in [1.807, 2.05) is 4.90 Å². The van der Waals surface area contributed by atoms with Gasteiger partial charge in [0.05, 0.1) is 72.3 Å². The van der Waals surface area contributed by atoms with Crippen molar-refractivity contribution in [3.05, 3.63) is 0 Å². The summed E-state index contributed by atoms with van der Waals surface area (Å²) >= 11 is 0. The van der Waals surface area contributed by atoms with Gasteiger partial charge in [-0.15, -0.1) is 0 Å². The summed E-state index contributed by atoms with van der Waals surface area (Å²) < 4.78 is 43.0. The third-order valence-electron chi connectivity index (χ3n) is 12.2. The minimum atomic E-state index is -3.85. The fourth-order valence-corrected chi connectivity index (χ4v) is 9.25. The first kappa shape index (κ1) is 64.8. The molecule has 0 aromatic carbocycles. The molecular weight excluding hydrogens is 862 g/mol. The van der Waals surface area contributed by atoms with Gasteiger partial charge in [-0.3, -0.25) is 28.1 Å². The van der Waals surface area contributed by atoms with Crippen LogP contribution in [0.4, 0.5) is 0 Å². The van der Waals surface area contributed by atoms with Crippen molar-refractivity contribution in [1.29, 1.82) is 0 Å². The third-order valence-corrected chi connectivity index (χ3v) is 13.7. The summed E-state index contributed by atoms with van der Waals surface area (Å²) in [5, 5.41) is 0. The first-order valence-electron chi connectivity index (χ1n) is 27.2. The molecule has 0 amide bonds. The number of nitrogens with zero attached hydrogens (tertiary/aromatic N) is 1. The van der Waals surface area contributed by atoms with Crippen LogP contribution < -0.4 is 0 Å². The summed E-state index contributed by atoms with van der Waals surface area (Å²) in [6.45, 7) is 12.5. The SMILES string of the molecule is CCCCCCCCC(CCCCCC)C(=O)OCCCCCCOP(=O)(OCCCCCCOC(=O)C(CCCCCC)CCCCCCCC)OCCN(CCOOC)CCOOC. The Labute approximate surface area is 405 Å². The van der Waals surface area contributed by atoms with Gasteiger partial charge < -0.3 is 9.47 Å². The maximum atomic E-state index is 13.9. The van der Waals surface area contributed by atoms with Crippen molar-refractivity contribution >= 4 is 19.8 Å². The van der Waals surface area contributed by atoms with Crippen molar-refractivity contribution in [2.75, 3.05) is 80.1 Å². The Bertz CT molecular complexity index is 1010. The van der Waals surface area contributed by atoms with E-state index in [9.17, 15) is 14.2 Å². The van der Waals surface area contributed by atoms with Crippen molar-refractivity contribution in [1.82, 2.24) is 4.90 Å². The van der Waals surface area contributed by atoms with Gasteiger partial charge in [0.1, 0.15) is 0 Å². The molecule has 0 aliphatic heterocycles. The highest BCUT2D eigenvalue weighted by atomic mass is 31.2. The second kappa shape index (κ2) is 50.2. The molecule has 0 aromatic heterocycles. The highest BCUT2D eigenvalue weighted by molar-refractivity contribution is 7.48. The van der Waals surface area contributed by atoms with Crippen LogP contribution in [0, 0.1) is 11.8 Å². The lowest BCUT2D eigenvalue weighted by Crippen LogP contribution is -2.34. The van der Waals surface area contributed by atoms with Crippen molar-refractivity contribution in [3.8, 4) is 0 Å². The Morgan fingerprint density at radius 1 is 0.379 bits per heavy atom. The molecule has 0 heterocycles. The van der Waals surface area contributed by atoms with Gasteiger partial charge in [0.25, 0.3) is 0 Å². The molecule has 13 nitrogen and oxygen atoms in total. The number of hydrogen-bond acceptors (Lipinski definition) is 13. The number of carbonyl (C=O) groups excluding carboxylic acids is 2. The Hall–Kier alpha value is -1.15. The average molecular weight is 966 g/mol. The molecule has 0 N–H and O–H groups in total. The van der Waals surface area contributed by atoms with Gasteiger partial charge in [0, 0.05) is 19.6 Å². The molecule has 0 aromatic rings. The van der Waals surface area contributed by atoms with Gasteiger partial charge in [-0.05, 0) is 64.2 Å². The largest absolute Gasteiger partial charge is 0.474 e. The first-order chi connectivity index (χ1) is 32.3. The monoisotopic (exact) mass is 966 g/mol. The first-order valence-corrected chi connectivity index (χ1v) is 28.7. The summed E-state index contributed by atoms with van der Waals surface area (Å²) in [6.07, 6.45) is 34.1.